The Labute approximate surface area is 117 Å². The lowest BCUT2D eigenvalue weighted by Gasteiger charge is -2.16. The van der Waals surface area contributed by atoms with Gasteiger partial charge in [-0.3, -0.25) is 0 Å². The van der Waals surface area contributed by atoms with Gasteiger partial charge in [-0.05, 0) is 49.8 Å². The molecule has 0 radical (unpaired) electrons. The molecule has 1 aromatic carbocycles. The Morgan fingerprint density at radius 2 is 2.00 bits per heavy atom. The summed E-state index contributed by atoms with van der Waals surface area (Å²) in [5.74, 6) is 2.23. The molecule has 0 amide bonds. The van der Waals surface area contributed by atoms with Crippen LogP contribution in [-0.4, -0.2) is 13.7 Å². The second-order valence-electron chi connectivity index (χ2n) is 4.67. The first kappa shape index (κ1) is 15.6. The third-order valence-electron chi connectivity index (χ3n) is 3.27. The van der Waals surface area contributed by atoms with Crippen LogP contribution in [0.15, 0.2) is 30.4 Å². The highest BCUT2D eigenvalue weighted by Crippen LogP contribution is 2.33. The van der Waals surface area contributed by atoms with Crippen LogP contribution in [0, 0.1) is 0 Å². The molecule has 2 heteroatoms. The third-order valence-corrected chi connectivity index (χ3v) is 3.27. The van der Waals surface area contributed by atoms with Crippen LogP contribution in [0.1, 0.15) is 51.5 Å². The fraction of sp³-hybridized carbons (Fsp3) is 0.529. The largest absolute Gasteiger partial charge is 0.493 e. The van der Waals surface area contributed by atoms with Gasteiger partial charge in [0.1, 0.15) is 0 Å². The standard InChI is InChI=1S/C17H26O2/c1-5-8-9-14(7-3)15-10-11-16(19-12-6-2)17(13-15)18-4/h5,8,10-11,13-14H,6-7,9,12H2,1-4H3/b8-5-. The van der Waals surface area contributed by atoms with E-state index >= 15 is 0 Å². The van der Waals surface area contributed by atoms with E-state index in [0.717, 1.165) is 37.4 Å². The highest BCUT2D eigenvalue weighted by Gasteiger charge is 2.12. The van der Waals surface area contributed by atoms with Gasteiger partial charge in [-0.15, -0.1) is 0 Å². The van der Waals surface area contributed by atoms with Crippen LogP contribution in [0.25, 0.3) is 0 Å². The Hall–Kier alpha value is -1.44. The molecule has 19 heavy (non-hydrogen) atoms. The van der Waals surface area contributed by atoms with E-state index in [1.807, 2.05) is 6.07 Å². The Morgan fingerprint density at radius 1 is 1.21 bits per heavy atom. The summed E-state index contributed by atoms with van der Waals surface area (Å²) in [6.07, 6.45) is 7.54. The quantitative estimate of drug-likeness (QED) is 0.617. The molecule has 0 aliphatic rings. The van der Waals surface area contributed by atoms with Gasteiger partial charge in [0.05, 0.1) is 13.7 Å². The van der Waals surface area contributed by atoms with Crippen LogP contribution >= 0.6 is 0 Å². The predicted molar refractivity (Wildman–Crippen MR) is 81.2 cm³/mol. The second-order valence-corrected chi connectivity index (χ2v) is 4.67. The van der Waals surface area contributed by atoms with Crippen molar-refractivity contribution in [1.82, 2.24) is 0 Å². The third kappa shape index (κ3) is 4.62. The molecule has 0 saturated heterocycles. The Bertz CT molecular complexity index is 396. The first-order valence-corrected chi connectivity index (χ1v) is 7.18. The SMILES string of the molecule is C/C=C\CC(CC)c1ccc(OCCC)c(OC)c1. The van der Waals surface area contributed by atoms with Gasteiger partial charge < -0.3 is 9.47 Å². The van der Waals surface area contributed by atoms with E-state index in [2.05, 4.69) is 45.1 Å². The smallest absolute Gasteiger partial charge is 0.161 e. The number of methoxy groups -OCH3 is 1. The van der Waals surface area contributed by atoms with Gasteiger partial charge in [-0.25, -0.2) is 0 Å². The average Bonchev–Trinajstić information content (AvgIpc) is 2.46. The van der Waals surface area contributed by atoms with E-state index < -0.39 is 0 Å². The van der Waals surface area contributed by atoms with Gasteiger partial charge >= 0.3 is 0 Å². The van der Waals surface area contributed by atoms with E-state index in [9.17, 15) is 0 Å². The van der Waals surface area contributed by atoms with E-state index in [1.165, 1.54) is 5.56 Å². The lowest BCUT2D eigenvalue weighted by atomic mass is 9.93. The lowest BCUT2D eigenvalue weighted by molar-refractivity contribution is 0.294. The van der Waals surface area contributed by atoms with Crippen molar-refractivity contribution < 1.29 is 9.47 Å². The van der Waals surface area contributed by atoms with Gasteiger partial charge in [-0.2, -0.15) is 0 Å². The van der Waals surface area contributed by atoms with Gasteiger partial charge in [0.2, 0.25) is 0 Å². The molecule has 0 aliphatic carbocycles. The highest BCUT2D eigenvalue weighted by atomic mass is 16.5. The van der Waals surface area contributed by atoms with Gasteiger partial charge in [0, 0.05) is 0 Å². The summed E-state index contributed by atoms with van der Waals surface area (Å²) in [6, 6.07) is 6.30. The second kappa shape index (κ2) is 8.63. The van der Waals surface area contributed by atoms with E-state index in [4.69, 9.17) is 9.47 Å². The first-order valence-electron chi connectivity index (χ1n) is 7.18. The maximum absolute atomic E-state index is 5.69. The fourth-order valence-electron chi connectivity index (χ4n) is 2.11. The molecular formula is C17H26O2. The molecule has 1 unspecified atom stereocenters. The molecular weight excluding hydrogens is 236 g/mol. The summed E-state index contributed by atoms with van der Waals surface area (Å²) in [6.45, 7) is 7.12. The molecule has 0 fully saturated rings. The van der Waals surface area contributed by atoms with Gasteiger partial charge in [0.15, 0.2) is 11.5 Å². The van der Waals surface area contributed by atoms with Crippen molar-refractivity contribution in [2.45, 2.75) is 46.0 Å². The molecule has 0 aliphatic heterocycles. The van der Waals surface area contributed by atoms with Crippen LogP contribution in [0.4, 0.5) is 0 Å². The minimum absolute atomic E-state index is 0.547. The minimum atomic E-state index is 0.547. The monoisotopic (exact) mass is 262 g/mol. The molecule has 106 valence electrons. The number of benzene rings is 1. The van der Waals surface area contributed by atoms with Crippen LogP contribution in [0.2, 0.25) is 0 Å². The maximum Gasteiger partial charge on any atom is 0.161 e. The average molecular weight is 262 g/mol. The molecule has 0 N–H and O–H groups in total. The molecule has 0 aromatic heterocycles. The summed E-state index contributed by atoms with van der Waals surface area (Å²) in [7, 11) is 1.70. The van der Waals surface area contributed by atoms with Crippen LogP contribution in [0.5, 0.6) is 11.5 Å². The van der Waals surface area contributed by atoms with E-state index in [0.29, 0.717) is 5.92 Å². The van der Waals surface area contributed by atoms with Crippen LogP contribution < -0.4 is 9.47 Å². The molecule has 0 heterocycles. The summed E-state index contributed by atoms with van der Waals surface area (Å²) in [5, 5.41) is 0. The van der Waals surface area contributed by atoms with Crippen LogP contribution in [0.3, 0.4) is 0 Å². The zero-order valence-electron chi connectivity index (χ0n) is 12.6. The topological polar surface area (TPSA) is 18.5 Å². The van der Waals surface area contributed by atoms with Crippen molar-refractivity contribution in [2.24, 2.45) is 0 Å². The van der Waals surface area contributed by atoms with Crippen LogP contribution in [-0.2, 0) is 0 Å². The van der Waals surface area contributed by atoms with E-state index in [1.54, 1.807) is 7.11 Å². The molecule has 2 nitrogen and oxygen atoms in total. The van der Waals surface area contributed by atoms with Gasteiger partial charge in [-0.1, -0.05) is 32.1 Å². The Kier molecular flexibility index (Phi) is 7.09. The summed E-state index contributed by atoms with van der Waals surface area (Å²) in [5.41, 5.74) is 1.32. The number of rotatable bonds is 8. The minimum Gasteiger partial charge on any atom is -0.493 e. The molecule has 1 atom stereocenters. The zero-order chi connectivity index (χ0) is 14.1. The Morgan fingerprint density at radius 3 is 2.58 bits per heavy atom. The number of hydrogen-bond donors (Lipinski definition) is 0. The van der Waals surface area contributed by atoms with Crippen molar-refractivity contribution >= 4 is 0 Å². The maximum atomic E-state index is 5.69. The van der Waals surface area contributed by atoms with Crippen molar-refractivity contribution in [3.63, 3.8) is 0 Å². The van der Waals surface area contributed by atoms with E-state index in [-0.39, 0.29) is 0 Å². The summed E-state index contributed by atoms with van der Waals surface area (Å²) < 4.78 is 11.1. The van der Waals surface area contributed by atoms with Crippen molar-refractivity contribution in [3.8, 4) is 11.5 Å². The number of hydrogen-bond acceptors (Lipinski definition) is 2. The Balaban J connectivity index is 2.90. The lowest BCUT2D eigenvalue weighted by Crippen LogP contribution is -2.01. The number of ether oxygens (including phenoxy) is 2. The van der Waals surface area contributed by atoms with Crippen molar-refractivity contribution in [1.29, 1.82) is 0 Å². The van der Waals surface area contributed by atoms with Crippen molar-refractivity contribution in [2.75, 3.05) is 13.7 Å². The normalized spacial score (nSPS) is 12.6. The highest BCUT2D eigenvalue weighted by molar-refractivity contribution is 5.44. The van der Waals surface area contributed by atoms with Crippen molar-refractivity contribution in [3.05, 3.63) is 35.9 Å². The summed E-state index contributed by atoms with van der Waals surface area (Å²) >= 11 is 0. The molecule has 0 bridgehead atoms. The first-order chi connectivity index (χ1) is 9.26. The molecule has 0 saturated carbocycles. The predicted octanol–water partition coefficient (Wildman–Crippen LogP) is 4.94. The molecule has 0 spiro atoms. The fourth-order valence-corrected chi connectivity index (χ4v) is 2.11. The molecule has 1 aromatic rings. The summed E-state index contributed by atoms with van der Waals surface area (Å²) in [4.78, 5) is 0. The molecule has 1 rings (SSSR count). The van der Waals surface area contributed by atoms with Gasteiger partial charge in [0.25, 0.3) is 0 Å². The number of allylic oxidation sites excluding steroid dienone is 2. The zero-order valence-corrected chi connectivity index (χ0v) is 12.6.